The Bertz CT molecular complexity index is 790. The topological polar surface area (TPSA) is 30.7 Å². The summed E-state index contributed by atoms with van der Waals surface area (Å²) in [6.45, 7) is 6.81. The molecule has 3 aromatic rings. The van der Waals surface area contributed by atoms with Gasteiger partial charge in [0, 0.05) is 6.20 Å². The first kappa shape index (κ1) is 14.1. The van der Waals surface area contributed by atoms with Gasteiger partial charge in [0.2, 0.25) is 0 Å². The molecule has 1 unspecified atom stereocenters. The maximum Gasteiger partial charge on any atom is 0.128 e. The zero-order valence-corrected chi connectivity index (χ0v) is 13.2. The molecule has 2 heterocycles. The van der Waals surface area contributed by atoms with Crippen molar-refractivity contribution < 1.29 is 0 Å². The van der Waals surface area contributed by atoms with Gasteiger partial charge in [-0.3, -0.25) is 4.98 Å². The maximum absolute atomic E-state index is 6.33. The number of alkyl halides is 1. The Kier molecular flexibility index (Phi) is 3.68. The third-order valence-corrected chi connectivity index (χ3v) is 3.99. The number of benzene rings is 1. The van der Waals surface area contributed by atoms with Gasteiger partial charge in [0.05, 0.1) is 28.6 Å². The summed E-state index contributed by atoms with van der Waals surface area (Å²) in [5.74, 6) is 0.894. The van der Waals surface area contributed by atoms with E-state index < -0.39 is 0 Å². The van der Waals surface area contributed by atoms with Crippen LogP contribution in [0.4, 0.5) is 0 Å². The van der Waals surface area contributed by atoms with Crippen LogP contribution in [0.25, 0.3) is 11.0 Å². The third-order valence-electron chi connectivity index (χ3n) is 3.79. The summed E-state index contributed by atoms with van der Waals surface area (Å²) in [5.41, 5.74) is 5.54. The highest BCUT2D eigenvalue weighted by Crippen LogP contribution is 2.27. The standard InChI is InChI=1S/C17H18ClN3/c1-11-7-5-9-19-14(11)10-21-15-8-4-6-12(2)16(15)20-17(21)13(3)18/h4-9,13H,10H2,1-3H3. The number of fused-ring (bicyclic) bond motifs is 1. The Balaban J connectivity index is 2.19. The summed E-state index contributed by atoms with van der Waals surface area (Å²) in [4.78, 5) is 9.23. The van der Waals surface area contributed by atoms with Crippen molar-refractivity contribution in [2.24, 2.45) is 0 Å². The lowest BCUT2D eigenvalue weighted by Gasteiger charge is -2.11. The summed E-state index contributed by atoms with van der Waals surface area (Å²) in [6.07, 6.45) is 1.83. The van der Waals surface area contributed by atoms with Gasteiger partial charge in [0.25, 0.3) is 0 Å². The van der Waals surface area contributed by atoms with Crippen molar-refractivity contribution in [3.8, 4) is 0 Å². The second-order valence-corrected chi connectivity index (χ2v) is 6.04. The molecule has 0 amide bonds. The number of aromatic nitrogens is 3. The number of aryl methyl sites for hydroxylation is 2. The molecule has 1 atom stereocenters. The van der Waals surface area contributed by atoms with Gasteiger partial charge in [0.15, 0.2) is 0 Å². The second kappa shape index (κ2) is 5.49. The summed E-state index contributed by atoms with van der Waals surface area (Å²) >= 11 is 6.33. The van der Waals surface area contributed by atoms with Crippen LogP contribution >= 0.6 is 11.6 Å². The number of imidazole rings is 1. The third kappa shape index (κ3) is 2.54. The van der Waals surface area contributed by atoms with Gasteiger partial charge in [-0.05, 0) is 44.0 Å². The lowest BCUT2D eigenvalue weighted by molar-refractivity contribution is 0.723. The second-order valence-electron chi connectivity index (χ2n) is 5.38. The molecule has 0 radical (unpaired) electrons. The van der Waals surface area contributed by atoms with E-state index in [1.165, 1.54) is 11.1 Å². The van der Waals surface area contributed by atoms with Crippen molar-refractivity contribution in [2.45, 2.75) is 32.7 Å². The van der Waals surface area contributed by atoms with Crippen LogP contribution in [-0.4, -0.2) is 14.5 Å². The first-order chi connectivity index (χ1) is 10.1. The largest absolute Gasteiger partial charge is 0.321 e. The summed E-state index contributed by atoms with van der Waals surface area (Å²) < 4.78 is 2.18. The van der Waals surface area contributed by atoms with Gasteiger partial charge < -0.3 is 4.57 Å². The molecule has 0 N–H and O–H groups in total. The van der Waals surface area contributed by atoms with Gasteiger partial charge in [-0.15, -0.1) is 11.6 Å². The highest BCUT2D eigenvalue weighted by Gasteiger charge is 2.17. The van der Waals surface area contributed by atoms with Crippen LogP contribution in [0.1, 0.15) is 34.9 Å². The Hall–Kier alpha value is -1.87. The number of hydrogen-bond acceptors (Lipinski definition) is 2. The van der Waals surface area contributed by atoms with Crippen LogP contribution in [0.3, 0.4) is 0 Å². The van der Waals surface area contributed by atoms with E-state index in [0.717, 1.165) is 22.6 Å². The minimum Gasteiger partial charge on any atom is -0.321 e. The lowest BCUT2D eigenvalue weighted by Crippen LogP contribution is -2.08. The van der Waals surface area contributed by atoms with Crippen molar-refractivity contribution in [1.82, 2.24) is 14.5 Å². The van der Waals surface area contributed by atoms with Crippen LogP contribution in [0.15, 0.2) is 36.5 Å². The molecule has 1 aromatic carbocycles. The van der Waals surface area contributed by atoms with E-state index in [2.05, 4.69) is 47.7 Å². The molecule has 2 aromatic heterocycles. The van der Waals surface area contributed by atoms with E-state index >= 15 is 0 Å². The number of pyridine rings is 1. The van der Waals surface area contributed by atoms with Gasteiger partial charge in [-0.2, -0.15) is 0 Å². The van der Waals surface area contributed by atoms with Gasteiger partial charge in [-0.1, -0.05) is 18.2 Å². The highest BCUT2D eigenvalue weighted by molar-refractivity contribution is 6.20. The van der Waals surface area contributed by atoms with E-state index in [1.807, 2.05) is 19.2 Å². The fourth-order valence-corrected chi connectivity index (χ4v) is 2.78. The molecule has 21 heavy (non-hydrogen) atoms. The molecule has 0 aliphatic heterocycles. The van der Waals surface area contributed by atoms with E-state index in [0.29, 0.717) is 6.54 Å². The van der Waals surface area contributed by atoms with E-state index in [1.54, 1.807) is 0 Å². The number of nitrogens with zero attached hydrogens (tertiary/aromatic N) is 3. The van der Waals surface area contributed by atoms with Crippen molar-refractivity contribution in [2.75, 3.05) is 0 Å². The first-order valence-electron chi connectivity index (χ1n) is 7.08. The number of halogens is 1. The summed E-state index contributed by atoms with van der Waals surface area (Å²) in [6, 6.07) is 10.3. The predicted octanol–water partition coefficient (Wildman–Crippen LogP) is 4.40. The van der Waals surface area contributed by atoms with Crippen molar-refractivity contribution in [3.05, 3.63) is 59.2 Å². The van der Waals surface area contributed by atoms with Gasteiger partial charge in [0.1, 0.15) is 5.82 Å². The predicted molar refractivity (Wildman–Crippen MR) is 86.8 cm³/mol. The highest BCUT2D eigenvalue weighted by atomic mass is 35.5. The molecule has 0 fully saturated rings. The number of hydrogen-bond donors (Lipinski definition) is 0. The molecule has 0 bridgehead atoms. The molecule has 0 saturated heterocycles. The molecular weight excluding hydrogens is 282 g/mol. The molecular formula is C17H18ClN3. The van der Waals surface area contributed by atoms with Gasteiger partial charge in [-0.25, -0.2) is 4.98 Å². The Morgan fingerprint density at radius 3 is 2.62 bits per heavy atom. The van der Waals surface area contributed by atoms with Crippen molar-refractivity contribution in [3.63, 3.8) is 0 Å². The SMILES string of the molecule is Cc1cccnc1Cn1c(C(C)Cl)nc2c(C)cccc21. The Labute approximate surface area is 129 Å². The van der Waals surface area contributed by atoms with Crippen LogP contribution in [0.5, 0.6) is 0 Å². The monoisotopic (exact) mass is 299 g/mol. The Morgan fingerprint density at radius 1 is 1.14 bits per heavy atom. The minimum atomic E-state index is -0.138. The molecule has 108 valence electrons. The summed E-state index contributed by atoms with van der Waals surface area (Å²) in [7, 11) is 0. The van der Waals surface area contributed by atoms with Crippen LogP contribution in [-0.2, 0) is 6.54 Å². The molecule has 0 aliphatic carbocycles. The molecule has 0 saturated carbocycles. The Morgan fingerprint density at radius 2 is 1.90 bits per heavy atom. The van der Waals surface area contributed by atoms with E-state index in [4.69, 9.17) is 16.6 Å². The van der Waals surface area contributed by atoms with Gasteiger partial charge >= 0.3 is 0 Å². The van der Waals surface area contributed by atoms with Crippen LogP contribution in [0, 0.1) is 13.8 Å². The van der Waals surface area contributed by atoms with E-state index in [9.17, 15) is 0 Å². The fourth-order valence-electron chi connectivity index (χ4n) is 2.61. The zero-order chi connectivity index (χ0) is 15.0. The minimum absolute atomic E-state index is 0.138. The molecule has 3 rings (SSSR count). The fraction of sp³-hybridized carbons (Fsp3) is 0.294. The average Bonchev–Trinajstić information content (AvgIpc) is 2.82. The first-order valence-corrected chi connectivity index (χ1v) is 7.52. The molecule has 4 heteroatoms. The van der Waals surface area contributed by atoms with E-state index in [-0.39, 0.29) is 5.38 Å². The normalized spacial score (nSPS) is 12.8. The van der Waals surface area contributed by atoms with Crippen molar-refractivity contribution in [1.29, 1.82) is 0 Å². The quantitative estimate of drug-likeness (QED) is 0.671. The number of para-hydroxylation sites is 1. The summed E-state index contributed by atoms with van der Waals surface area (Å²) in [5, 5.41) is -0.138. The lowest BCUT2D eigenvalue weighted by atomic mass is 10.2. The average molecular weight is 300 g/mol. The molecule has 3 nitrogen and oxygen atoms in total. The van der Waals surface area contributed by atoms with Crippen LogP contribution in [0.2, 0.25) is 0 Å². The smallest absolute Gasteiger partial charge is 0.128 e. The van der Waals surface area contributed by atoms with Crippen molar-refractivity contribution >= 4 is 22.6 Å². The molecule has 0 aliphatic rings. The maximum atomic E-state index is 6.33. The zero-order valence-electron chi connectivity index (χ0n) is 12.5. The number of rotatable bonds is 3. The van der Waals surface area contributed by atoms with Crippen LogP contribution < -0.4 is 0 Å². The molecule has 0 spiro atoms.